The number of hydrogen-bond donors (Lipinski definition) is 3. The average Bonchev–Trinajstić information content (AvgIpc) is 2.63. The molecule has 0 aliphatic heterocycles. The standard InChI is InChI=1S/C19H20F3N3O2/c1-11-4-6-13(7-5-11)23-16(26)10-25(3)12(2)19(27)24-15-9-8-14(20)17(21)18(15)22/h4-9,12H,10H2,1-3H3,(H,23,26)(H,24,27)/p+1/t12-/m0/s1. The molecule has 2 atom stereocenters. The molecule has 2 aromatic carbocycles. The molecule has 0 radical (unpaired) electrons. The first-order chi connectivity index (χ1) is 12.7. The van der Waals surface area contributed by atoms with E-state index in [1.165, 1.54) is 0 Å². The van der Waals surface area contributed by atoms with E-state index in [1.807, 2.05) is 19.1 Å². The van der Waals surface area contributed by atoms with Crippen LogP contribution in [-0.2, 0) is 9.59 Å². The number of nitrogens with one attached hydrogen (secondary N) is 3. The van der Waals surface area contributed by atoms with E-state index in [2.05, 4.69) is 10.6 Å². The van der Waals surface area contributed by atoms with Crippen molar-refractivity contribution < 1.29 is 27.7 Å². The van der Waals surface area contributed by atoms with Gasteiger partial charge in [-0.1, -0.05) is 17.7 Å². The number of aryl methyl sites for hydroxylation is 1. The second-order valence-electron chi connectivity index (χ2n) is 6.37. The normalized spacial score (nSPS) is 13.0. The van der Waals surface area contributed by atoms with Crippen LogP contribution < -0.4 is 15.5 Å². The van der Waals surface area contributed by atoms with Crippen LogP contribution in [0.2, 0.25) is 0 Å². The van der Waals surface area contributed by atoms with E-state index in [-0.39, 0.29) is 12.5 Å². The summed E-state index contributed by atoms with van der Waals surface area (Å²) in [4.78, 5) is 24.9. The monoisotopic (exact) mass is 380 g/mol. The van der Waals surface area contributed by atoms with E-state index in [0.717, 1.165) is 17.7 Å². The molecule has 0 spiro atoms. The van der Waals surface area contributed by atoms with Crippen LogP contribution in [0.15, 0.2) is 36.4 Å². The predicted octanol–water partition coefficient (Wildman–Crippen LogP) is 1.89. The third-order valence-corrected chi connectivity index (χ3v) is 4.20. The molecule has 0 saturated carbocycles. The number of hydrogen-bond acceptors (Lipinski definition) is 2. The van der Waals surface area contributed by atoms with Gasteiger partial charge in [-0.3, -0.25) is 9.59 Å². The number of anilines is 2. The van der Waals surface area contributed by atoms with Crippen LogP contribution in [-0.4, -0.2) is 31.4 Å². The van der Waals surface area contributed by atoms with Crippen LogP contribution in [0.1, 0.15) is 12.5 Å². The number of likely N-dealkylation sites (N-methyl/N-ethyl adjacent to an activating group) is 1. The van der Waals surface area contributed by atoms with Crippen LogP contribution in [0.3, 0.4) is 0 Å². The van der Waals surface area contributed by atoms with Crippen molar-refractivity contribution in [2.75, 3.05) is 24.2 Å². The molecule has 0 fully saturated rings. The first kappa shape index (κ1) is 20.4. The van der Waals surface area contributed by atoms with Gasteiger partial charge in [-0.2, -0.15) is 0 Å². The zero-order chi connectivity index (χ0) is 20.1. The maximum absolute atomic E-state index is 13.7. The Labute approximate surface area is 155 Å². The van der Waals surface area contributed by atoms with Crippen molar-refractivity contribution in [1.29, 1.82) is 0 Å². The molecule has 5 nitrogen and oxygen atoms in total. The minimum atomic E-state index is -1.65. The Morgan fingerprint density at radius 3 is 2.26 bits per heavy atom. The topological polar surface area (TPSA) is 62.6 Å². The number of amides is 2. The van der Waals surface area contributed by atoms with Gasteiger partial charge in [0.25, 0.3) is 11.8 Å². The molecular weight excluding hydrogens is 359 g/mol. The maximum Gasteiger partial charge on any atom is 0.282 e. The highest BCUT2D eigenvalue weighted by Crippen LogP contribution is 2.19. The molecule has 0 heterocycles. The second kappa shape index (κ2) is 8.68. The zero-order valence-electron chi connectivity index (χ0n) is 15.2. The minimum Gasteiger partial charge on any atom is -0.321 e. The van der Waals surface area contributed by atoms with Crippen LogP contribution in [0, 0.1) is 24.4 Å². The third-order valence-electron chi connectivity index (χ3n) is 4.20. The SMILES string of the molecule is Cc1ccc(NC(=O)C[NH+](C)[C@@H](C)C(=O)Nc2ccc(F)c(F)c2F)cc1. The molecule has 3 N–H and O–H groups in total. The molecular formula is C19H21F3N3O2+. The Balaban J connectivity index is 1.94. The van der Waals surface area contributed by atoms with Crippen molar-refractivity contribution in [2.24, 2.45) is 0 Å². The first-order valence-electron chi connectivity index (χ1n) is 8.32. The Kier molecular flexibility index (Phi) is 6.57. The fourth-order valence-corrected chi connectivity index (χ4v) is 2.34. The lowest BCUT2D eigenvalue weighted by atomic mass is 10.2. The highest BCUT2D eigenvalue weighted by atomic mass is 19.2. The summed E-state index contributed by atoms with van der Waals surface area (Å²) < 4.78 is 39.9. The van der Waals surface area contributed by atoms with Crippen LogP contribution in [0.5, 0.6) is 0 Å². The molecule has 2 rings (SSSR count). The minimum absolute atomic E-state index is 0.0112. The Morgan fingerprint density at radius 1 is 1.00 bits per heavy atom. The van der Waals surface area contributed by atoms with E-state index in [1.54, 1.807) is 26.1 Å². The number of rotatable bonds is 6. The fourth-order valence-electron chi connectivity index (χ4n) is 2.34. The molecule has 8 heteroatoms. The third kappa shape index (κ3) is 5.30. The van der Waals surface area contributed by atoms with Crippen molar-refractivity contribution in [2.45, 2.75) is 19.9 Å². The molecule has 1 unspecified atom stereocenters. The second-order valence-corrected chi connectivity index (χ2v) is 6.37. The van der Waals surface area contributed by atoms with Crippen LogP contribution >= 0.6 is 0 Å². The molecule has 0 aliphatic rings. The van der Waals surface area contributed by atoms with Crippen molar-refractivity contribution in [3.63, 3.8) is 0 Å². The quantitative estimate of drug-likeness (QED) is 0.671. The van der Waals surface area contributed by atoms with E-state index < -0.39 is 35.1 Å². The predicted molar refractivity (Wildman–Crippen MR) is 96.0 cm³/mol. The molecule has 2 amide bonds. The van der Waals surface area contributed by atoms with Crippen molar-refractivity contribution >= 4 is 23.2 Å². The van der Waals surface area contributed by atoms with E-state index in [4.69, 9.17) is 0 Å². The lowest BCUT2D eigenvalue weighted by Gasteiger charge is -2.20. The van der Waals surface area contributed by atoms with Gasteiger partial charge in [-0.15, -0.1) is 0 Å². The highest BCUT2D eigenvalue weighted by molar-refractivity contribution is 5.94. The number of halogens is 3. The molecule has 2 aromatic rings. The van der Waals surface area contributed by atoms with Gasteiger partial charge in [0.15, 0.2) is 30.0 Å². The molecule has 0 saturated heterocycles. The number of carbonyl (C=O) groups is 2. The Bertz CT molecular complexity index is 841. The van der Waals surface area contributed by atoms with Gasteiger partial charge >= 0.3 is 0 Å². The van der Waals surface area contributed by atoms with Gasteiger partial charge in [0, 0.05) is 5.69 Å². The summed E-state index contributed by atoms with van der Waals surface area (Å²) in [6.07, 6.45) is 0. The Morgan fingerprint density at radius 2 is 1.63 bits per heavy atom. The largest absolute Gasteiger partial charge is 0.321 e. The summed E-state index contributed by atoms with van der Waals surface area (Å²) in [5.41, 5.74) is 1.24. The smallest absolute Gasteiger partial charge is 0.282 e. The van der Waals surface area contributed by atoms with Gasteiger partial charge in [0.1, 0.15) is 0 Å². The van der Waals surface area contributed by atoms with Crippen molar-refractivity contribution in [1.82, 2.24) is 0 Å². The lowest BCUT2D eigenvalue weighted by molar-refractivity contribution is -0.885. The van der Waals surface area contributed by atoms with Crippen molar-refractivity contribution in [3.8, 4) is 0 Å². The van der Waals surface area contributed by atoms with Crippen LogP contribution in [0.25, 0.3) is 0 Å². The van der Waals surface area contributed by atoms with E-state index in [0.29, 0.717) is 10.6 Å². The number of benzene rings is 2. The van der Waals surface area contributed by atoms with Crippen molar-refractivity contribution in [3.05, 3.63) is 59.4 Å². The number of carbonyl (C=O) groups excluding carboxylic acids is 2. The summed E-state index contributed by atoms with van der Waals surface area (Å²) in [6.45, 7) is 3.46. The highest BCUT2D eigenvalue weighted by Gasteiger charge is 2.25. The summed E-state index contributed by atoms with van der Waals surface area (Å²) in [5.74, 6) is -5.38. The summed E-state index contributed by atoms with van der Waals surface area (Å²) in [7, 11) is 1.63. The molecule has 0 aliphatic carbocycles. The van der Waals surface area contributed by atoms with Gasteiger partial charge in [0.05, 0.1) is 12.7 Å². The van der Waals surface area contributed by atoms with Crippen LogP contribution in [0.4, 0.5) is 24.5 Å². The van der Waals surface area contributed by atoms with Gasteiger partial charge in [-0.25, -0.2) is 13.2 Å². The maximum atomic E-state index is 13.7. The lowest BCUT2D eigenvalue weighted by Crippen LogP contribution is -3.14. The number of quaternary nitrogens is 1. The summed E-state index contributed by atoms with van der Waals surface area (Å²) in [5, 5.41) is 4.94. The van der Waals surface area contributed by atoms with Gasteiger partial charge in [-0.05, 0) is 38.1 Å². The zero-order valence-corrected chi connectivity index (χ0v) is 15.2. The molecule has 144 valence electrons. The summed E-state index contributed by atoms with van der Waals surface area (Å²) in [6, 6.07) is 8.19. The van der Waals surface area contributed by atoms with E-state index >= 15 is 0 Å². The average molecular weight is 380 g/mol. The summed E-state index contributed by atoms with van der Waals surface area (Å²) >= 11 is 0. The molecule has 0 aromatic heterocycles. The molecule has 0 bridgehead atoms. The van der Waals surface area contributed by atoms with Gasteiger partial charge < -0.3 is 15.5 Å². The Hall–Kier alpha value is -2.87. The molecule has 27 heavy (non-hydrogen) atoms. The van der Waals surface area contributed by atoms with E-state index in [9.17, 15) is 22.8 Å². The van der Waals surface area contributed by atoms with Gasteiger partial charge in [0.2, 0.25) is 0 Å². The fraction of sp³-hybridized carbons (Fsp3) is 0.263. The first-order valence-corrected chi connectivity index (χ1v) is 8.32.